The molecule has 1 aliphatic rings. The Balaban J connectivity index is 1.89. The van der Waals surface area contributed by atoms with Gasteiger partial charge in [0.25, 0.3) is 0 Å². The number of oxime groups is 1. The number of nitrogens with one attached hydrogen (secondary N) is 1. The van der Waals surface area contributed by atoms with Crippen LogP contribution in [0.25, 0.3) is 0 Å². The monoisotopic (exact) mass is 296 g/mol. The minimum atomic E-state index is -0.619. The predicted molar refractivity (Wildman–Crippen MR) is 81.1 cm³/mol. The number of aliphatic hydroxyl groups is 1. The van der Waals surface area contributed by atoms with Gasteiger partial charge in [-0.1, -0.05) is 28.9 Å². The van der Waals surface area contributed by atoms with Crippen LogP contribution in [0.1, 0.15) is 38.9 Å². The zero-order valence-corrected chi connectivity index (χ0v) is 12.8. The molecular weight excluding hydrogens is 276 g/mol. The molecular formula is C15H21ClN2O2. The fraction of sp³-hybridized carbons (Fsp3) is 0.533. The van der Waals surface area contributed by atoms with Gasteiger partial charge in [-0.05, 0) is 38.5 Å². The minimum Gasteiger partial charge on any atom is -0.387 e. The quantitative estimate of drug-likeness (QED) is 0.898. The van der Waals surface area contributed by atoms with Crippen molar-refractivity contribution >= 4 is 17.3 Å². The van der Waals surface area contributed by atoms with Crippen LogP contribution in [0.5, 0.6) is 0 Å². The maximum atomic E-state index is 10.1. The van der Waals surface area contributed by atoms with Gasteiger partial charge in [-0.2, -0.15) is 0 Å². The topological polar surface area (TPSA) is 53.8 Å². The van der Waals surface area contributed by atoms with Crippen molar-refractivity contribution in [3.8, 4) is 0 Å². The van der Waals surface area contributed by atoms with Gasteiger partial charge in [0.15, 0.2) is 6.10 Å². The van der Waals surface area contributed by atoms with Crippen LogP contribution in [-0.2, 0) is 4.84 Å². The van der Waals surface area contributed by atoms with Crippen molar-refractivity contribution in [1.82, 2.24) is 5.32 Å². The van der Waals surface area contributed by atoms with E-state index in [0.29, 0.717) is 23.7 Å². The first-order valence-electron chi connectivity index (χ1n) is 6.76. The van der Waals surface area contributed by atoms with E-state index in [1.807, 2.05) is 24.3 Å². The molecule has 0 saturated carbocycles. The maximum absolute atomic E-state index is 10.1. The first-order chi connectivity index (χ1) is 9.35. The van der Waals surface area contributed by atoms with Crippen LogP contribution < -0.4 is 5.32 Å². The highest BCUT2D eigenvalue weighted by atomic mass is 35.5. The third kappa shape index (κ3) is 4.20. The molecule has 1 aromatic carbocycles. The summed E-state index contributed by atoms with van der Waals surface area (Å²) < 4.78 is 0. The Morgan fingerprint density at radius 3 is 2.65 bits per heavy atom. The van der Waals surface area contributed by atoms with Gasteiger partial charge in [0.05, 0.1) is 5.71 Å². The summed E-state index contributed by atoms with van der Waals surface area (Å²) in [5.41, 5.74) is 1.67. The van der Waals surface area contributed by atoms with Crippen molar-refractivity contribution < 1.29 is 9.94 Å². The predicted octanol–water partition coefficient (Wildman–Crippen LogP) is 2.91. The van der Waals surface area contributed by atoms with E-state index in [1.54, 1.807) is 0 Å². The van der Waals surface area contributed by atoms with Gasteiger partial charge in [-0.15, -0.1) is 0 Å². The Kier molecular flexibility index (Phi) is 4.68. The van der Waals surface area contributed by atoms with Gasteiger partial charge in [0.1, 0.15) is 6.10 Å². The SMILES string of the molecule is CC(C)(C)NC[C@@H](O)C1=NO[C@@H](c2ccc(Cl)cc2)C1. The number of hydrogen-bond donors (Lipinski definition) is 2. The normalized spacial score (nSPS) is 20.4. The highest BCUT2D eigenvalue weighted by molar-refractivity contribution is 6.30. The maximum Gasteiger partial charge on any atom is 0.158 e. The summed E-state index contributed by atoms with van der Waals surface area (Å²) in [6, 6.07) is 7.50. The summed E-state index contributed by atoms with van der Waals surface area (Å²) in [4.78, 5) is 5.40. The number of aliphatic hydroxyl groups excluding tert-OH is 1. The summed E-state index contributed by atoms with van der Waals surface area (Å²) in [6.45, 7) is 6.65. The van der Waals surface area contributed by atoms with E-state index in [1.165, 1.54) is 0 Å². The van der Waals surface area contributed by atoms with Crippen molar-refractivity contribution in [3.63, 3.8) is 0 Å². The summed E-state index contributed by atoms with van der Waals surface area (Å²) in [5, 5.41) is 18.1. The number of hydrogen-bond acceptors (Lipinski definition) is 4. The Morgan fingerprint density at radius 1 is 1.40 bits per heavy atom. The second-order valence-corrected chi connectivity index (χ2v) is 6.52. The Hall–Kier alpha value is -1.10. The third-order valence-corrected chi connectivity index (χ3v) is 3.40. The molecule has 0 unspecified atom stereocenters. The van der Waals surface area contributed by atoms with E-state index >= 15 is 0 Å². The Morgan fingerprint density at radius 2 is 2.05 bits per heavy atom. The number of benzene rings is 1. The van der Waals surface area contributed by atoms with Crippen molar-refractivity contribution in [2.45, 2.75) is 44.9 Å². The van der Waals surface area contributed by atoms with E-state index < -0.39 is 6.10 Å². The van der Waals surface area contributed by atoms with Crippen molar-refractivity contribution in [2.75, 3.05) is 6.54 Å². The molecule has 5 heteroatoms. The number of halogens is 1. The zero-order chi connectivity index (χ0) is 14.8. The van der Waals surface area contributed by atoms with Crippen molar-refractivity contribution in [1.29, 1.82) is 0 Å². The van der Waals surface area contributed by atoms with E-state index in [2.05, 4.69) is 31.2 Å². The molecule has 0 radical (unpaired) electrons. The Labute approximate surface area is 124 Å². The number of rotatable bonds is 4. The Bertz CT molecular complexity index is 480. The second-order valence-electron chi connectivity index (χ2n) is 6.08. The van der Waals surface area contributed by atoms with Gasteiger partial charge in [-0.25, -0.2) is 0 Å². The number of β-amino-alcohol motifs (C(OH)–C–C–N with tert-alkyl or cyclic N) is 1. The molecule has 1 heterocycles. The molecule has 1 aromatic rings. The summed E-state index contributed by atoms with van der Waals surface area (Å²) in [5.74, 6) is 0. The van der Waals surface area contributed by atoms with Crippen molar-refractivity contribution in [2.24, 2.45) is 5.16 Å². The summed E-state index contributed by atoms with van der Waals surface area (Å²) in [7, 11) is 0. The molecule has 0 spiro atoms. The highest BCUT2D eigenvalue weighted by Gasteiger charge is 2.27. The van der Waals surface area contributed by atoms with E-state index in [-0.39, 0.29) is 11.6 Å². The molecule has 110 valence electrons. The van der Waals surface area contributed by atoms with Crippen LogP contribution in [0.15, 0.2) is 29.4 Å². The second kappa shape index (κ2) is 6.12. The van der Waals surface area contributed by atoms with E-state index in [4.69, 9.17) is 16.4 Å². The molecule has 0 amide bonds. The lowest BCUT2D eigenvalue weighted by molar-refractivity contribution is 0.0855. The molecule has 4 nitrogen and oxygen atoms in total. The molecule has 0 saturated heterocycles. The number of nitrogens with zero attached hydrogens (tertiary/aromatic N) is 1. The molecule has 2 rings (SSSR count). The molecule has 0 aliphatic carbocycles. The largest absolute Gasteiger partial charge is 0.387 e. The molecule has 0 aromatic heterocycles. The average Bonchev–Trinajstić information content (AvgIpc) is 2.85. The summed E-state index contributed by atoms with van der Waals surface area (Å²) in [6.07, 6.45) is -0.146. The van der Waals surface area contributed by atoms with Gasteiger partial charge in [0.2, 0.25) is 0 Å². The van der Waals surface area contributed by atoms with Gasteiger partial charge >= 0.3 is 0 Å². The van der Waals surface area contributed by atoms with Crippen LogP contribution in [0.3, 0.4) is 0 Å². The van der Waals surface area contributed by atoms with Crippen LogP contribution in [0.4, 0.5) is 0 Å². The zero-order valence-electron chi connectivity index (χ0n) is 12.1. The first-order valence-corrected chi connectivity index (χ1v) is 7.14. The van der Waals surface area contributed by atoms with Gasteiger partial charge in [0, 0.05) is 23.5 Å². The van der Waals surface area contributed by atoms with Crippen LogP contribution >= 0.6 is 11.6 Å². The molecule has 2 atom stereocenters. The fourth-order valence-electron chi connectivity index (χ4n) is 1.97. The lowest BCUT2D eigenvalue weighted by Crippen LogP contribution is -2.43. The lowest BCUT2D eigenvalue weighted by Gasteiger charge is -2.22. The molecule has 1 aliphatic heterocycles. The van der Waals surface area contributed by atoms with Crippen LogP contribution in [0.2, 0.25) is 5.02 Å². The van der Waals surface area contributed by atoms with E-state index in [9.17, 15) is 5.11 Å². The van der Waals surface area contributed by atoms with Crippen molar-refractivity contribution in [3.05, 3.63) is 34.9 Å². The molecule has 20 heavy (non-hydrogen) atoms. The minimum absolute atomic E-state index is 0.0312. The summed E-state index contributed by atoms with van der Waals surface area (Å²) >= 11 is 5.86. The van der Waals surface area contributed by atoms with Crippen LogP contribution in [0, 0.1) is 0 Å². The third-order valence-electron chi connectivity index (χ3n) is 3.14. The first kappa shape index (κ1) is 15.3. The smallest absolute Gasteiger partial charge is 0.158 e. The van der Waals surface area contributed by atoms with Gasteiger partial charge in [-0.3, -0.25) is 0 Å². The average molecular weight is 297 g/mol. The standard InChI is InChI=1S/C15H21ClN2O2/c1-15(2,3)17-9-13(19)12-8-14(20-18-12)10-4-6-11(16)7-5-10/h4-7,13-14,17,19H,8-9H2,1-3H3/t13-,14-/m1/s1. The molecule has 0 fully saturated rings. The van der Waals surface area contributed by atoms with Crippen LogP contribution in [-0.4, -0.2) is 29.0 Å². The van der Waals surface area contributed by atoms with E-state index in [0.717, 1.165) is 5.56 Å². The lowest BCUT2D eigenvalue weighted by atomic mass is 10.0. The molecule has 0 bridgehead atoms. The highest BCUT2D eigenvalue weighted by Crippen LogP contribution is 2.28. The fourth-order valence-corrected chi connectivity index (χ4v) is 2.10. The molecule has 2 N–H and O–H groups in total. The van der Waals surface area contributed by atoms with Gasteiger partial charge < -0.3 is 15.3 Å².